The molecule has 0 saturated carbocycles. The van der Waals surface area contributed by atoms with Gasteiger partial charge in [-0.1, -0.05) is 71.0 Å². The number of benzene rings is 2. The Hall–Kier alpha value is -0.866. The summed E-state index contributed by atoms with van der Waals surface area (Å²) < 4.78 is 10.6. The zero-order chi connectivity index (χ0) is 17.3. The van der Waals surface area contributed by atoms with E-state index in [-0.39, 0.29) is 18.9 Å². The van der Waals surface area contributed by atoms with E-state index in [9.17, 15) is 0 Å². The summed E-state index contributed by atoms with van der Waals surface area (Å²) >= 11 is 0. The first-order chi connectivity index (χ1) is 11.7. The van der Waals surface area contributed by atoms with Gasteiger partial charge in [-0.15, -0.1) is 0 Å². The van der Waals surface area contributed by atoms with Gasteiger partial charge in [0.25, 0.3) is 0 Å². The van der Waals surface area contributed by atoms with Crippen LogP contribution in [0.25, 0.3) is 0 Å². The van der Waals surface area contributed by atoms with Crippen LogP contribution in [0.2, 0.25) is 0 Å². The Morgan fingerprint density at radius 1 is 0.800 bits per heavy atom. The van der Waals surface area contributed by atoms with Gasteiger partial charge >= 0.3 is 18.9 Å². The van der Waals surface area contributed by atoms with E-state index in [0.29, 0.717) is 0 Å². The molecule has 0 radical (unpaired) electrons. The molecule has 0 saturated heterocycles. The number of ether oxygens (including phenoxy) is 2. The van der Waals surface area contributed by atoms with Crippen molar-refractivity contribution in [1.82, 2.24) is 4.90 Å². The zero-order valence-electron chi connectivity index (χ0n) is 15.8. The molecular formula is C20H28LiNO2Si. The van der Waals surface area contributed by atoms with E-state index in [1.54, 1.807) is 14.2 Å². The molecule has 0 aliphatic rings. The van der Waals surface area contributed by atoms with E-state index < -0.39 is 8.07 Å². The fraction of sp³-hybridized carbons (Fsp3) is 0.350. The normalized spacial score (nSPS) is 11.4. The van der Waals surface area contributed by atoms with E-state index in [1.807, 2.05) is 0 Å². The number of rotatable bonds is 10. The van der Waals surface area contributed by atoms with Crippen LogP contribution in [0, 0.1) is 6.55 Å². The standard InChI is InChI=1S/C20H28NO2Si.Li/c1-22-16-14-21(15-17-23-2)18-24(3,19-10-6-4-7-11-19)20-12-8-5-9-13-20;/h4-13H,3,14-18H2,1-2H3;/q-1;+1. The van der Waals surface area contributed by atoms with Crippen molar-refractivity contribution in [3.8, 4) is 0 Å². The summed E-state index contributed by atoms with van der Waals surface area (Å²) in [4.78, 5) is 2.42. The molecule has 0 aromatic heterocycles. The topological polar surface area (TPSA) is 21.7 Å². The fourth-order valence-corrected chi connectivity index (χ4v) is 6.40. The molecule has 0 amide bonds. The smallest absolute Gasteiger partial charge is 0.383 e. The third-order valence-corrected chi connectivity index (χ3v) is 8.23. The summed E-state index contributed by atoms with van der Waals surface area (Å²) in [7, 11) is 1.40. The first-order valence-electron chi connectivity index (χ1n) is 8.37. The number of hydrogen-bond acceptors (Lipinski definition) is 3. The average molecular weight is 349 g/mol. The number of nitrogens with zero attached hydrogens (tertiary/aromatic N) is 1. The monoisotopic (exact) mass is 349 g/mol. The van der Waals surface area contributed by atoms with Gasteiger partial charge in [-0.3, -0.25) is 0 Å². The van der Waals surface area contributed by atoms with Crippen LogP contribution in [0.1, 0.15) is 0 Å². The number of hydrogen-bond donors (Lipinski definition) is 0. The summed E-state index contributed by atoms with van der Waals surface area (Å²) in [5.74, 6) is 0. The second-order valence-corrected chi connectivity index (χ2v) is 9.71. The summed E-state index contributed by atoms with van der Waals surface area (Å²) in [5.41, 5.74) is 0. The Morgan fingerprint density at radius 3 is 1.56 bits per heavy atom. The third-order valence-electron chi connectivity index (χ3n) is 4.37. The fourth-order valence-electron chi connectivity index (χ4n) is 2.96. The minimum atomic E-state index is -2.10. The van der Waals surface area contributed by atoms with Crippen LogP contribution in [-0.4, -0.2) is 59.7 Å². The van der Waals surface area contributed by atoms with Crippen LogP contribution in [-0.2, 0) is 9.47 Å². The van der Waals surface area contributed by atoms with Crippen LogP contribution in [0.3, 0.4) is 0 Å². The first-order valence-corrected chi connectivity index (χ1v) is 10.8. The molecule has 2 aromatic rings. The van der Waals surface area contributed by atoms with E-state index in [2.05, 4.69) is 65.6 Å². The van der Waals surface area contributed by atoms with Crippen molar-refractivity contribution < 1.29 is 28.3 Å². The van der Waals surface area contributed by atoms with Gasteiger partial charge in [0.05, 0.1) is 13.2 Å². The maximum absolute atomic E-state index is 5.29. The molecule has 3 nitrogen and oxygen atoms in total. The third kappa shape index (κ3) is 6.42. The van der Waals surface area contributed by atoms with Crippen LogP contribution < -0.4 is 29.2 Å². The van der Waals surface area contributed by atoms with E-state index in [1.165, 1.54) is 10.4 Å². The van der Waals surface area contributed by atoms with Gasteiger partial charge in [0.2, 0.25) is 0 Å². The Morgan fingerprint density at radius 2 is 1.20 bits per heavy atom. The summed E-state index contributed by atoms with van der Waals surface area (Å²) in [6, 6.07) is 21.5. The largest absolute Gasteiger partial charge is 1.00 e. The molecule has 0 aliphatic carbocycles. The van der Waals surface area contributed by atoms with Crippen molar-refractivity contribution in [3.05, 3.63) is 67.2 Å². The van der Waals surface area contributed by atoms with Gasteiger partial charge in [0.15, 0.2) is 0 Å². The second kappa shape index (κ2) is 11.7. The van der Waals surface area contributed by atoms with Gasteiger partial charge < -0.3 is 20.9 Å². The van der Waals surface area contributed by atoms with Crippen molar-refractivity contribution in [2.75, 3.05) is 46.7 Å². The average Bonchev–Trinajstić information content (AvgIpc) is 2.65. The molecule has 0 bridgehead atoms. The van der Waals surface area contributed by atoms with Crippen molar-refractivity contribution >= 4 is 18.4 Å². The molecular weight excluding hydrogens is 321 g/mol. The molecule has 130 valence electrons. The Bertz CT molecular complexity index is 535. The zero-order valence-corrected chi connectivity index (χ0v) is 16.8. The van der Waals surface area contributed by atoms with Crippen molar-refractivity contribution in [3.63, 3.8) is 0 Å². The molecule has 0 spiro atoms. The van der Waals surface area contributed by atoms with Gasteiger partial charge in [-0.2, -0.15) is 0 Å². The maximum atomic E-state index is 5.29. The van der Waals surface area contributed by atoms with Gasteiger partial charge in [-0.25, -0.2) is 0 Å². The Labute approximate surface area is 165 Å². The minimum Gasteiger partial charge on any atom is -0.383 e. The molecule has 0 unspecified atom stereocenters. The molecule has 0 atom stereocenters. The van der Waals surface area contributed by atoms with Crippen molar-refractivity contribution in [2.24, 2.45) is 0 Å². The molecule has 5 heteroatoms. The van der Waals surface area contributed by atoms with Gasteiger partial charge in [0, 0.05) is 27.3 Å². The maximum Gasteiger partial charge on any atom is 1.00 e. The number of methoxy groups -OCH3 is 2. The van der Waals surface area contributed by atoms with Crippen molar-refractivity contribution in [2.45, 2.75) is 0 Å². The quantitative estimate of drug-likeness (QED) is 0.396. The molecule has 0 heterocycles. The van der Waals surface area contributed by atoms with E-state index in [4.69, 9.17) is 16.0 Å². The SMILES string of the molecule is [CH2-][Si](CN(CCOC)CCOC)(c1ccccc1)c1ccccc1.[Li+]. The van der Waals surface area contributed by atoms with Crippen molar-refractivity contribution in [1.29, 1.82) is 0 Å². The summed E-state index contributed by atoms with van der Waals surface area (Å²) in [6.07, 6.45) is 0.952. The van der Waals surface area contributed by atoms with E-state index in [0.717, 1.165) is 32.5 Å². The van der Waals surface area contributed by atoms with Gasteiger partial charge in [0.1, 0.15) is 0 Å². The predicted molar refractivity (Wildman–Crippen MR) is 103 cm³/mol. The van der Waals surface area contributed by atoms with E-state index >= 15 is 0 Å². The molecule has 2 aromatic carbocycles. The first kappa shape index (κ1) is 22.2. The predicted octanol–water partition coefficient (Wildman–Crippen LogP) is -1.24. The molecule has 25 heavy (non-hydrogen) atoms. The second-order valence-electron chi connectivity index (χ2n) is 6.08. The van der Waals surface area contributed by atoms with Crippen LogP contribution in [0.15, 0.2) is 60.7 Å². The summed E-state index contributed by atoms with van der Waals surface area (Å²) in [5, 5.41) is 2.71. The molecule has 0 fully saturated rings. The van der Waals surface area contributed by atoms with Crippen LogP contribution in [0.4, 0.5) is 0 Å². The Kier molecular flexibility index (Phi) is 10.4. The van der Waals surface area contributed by atoms with Crippen LogP contribution >= 0.6 is 0 Å². The summed E-state index contributed by atoms with van der Waals surface area (Å²) in [6.45, 7) is 8.01. The van der Waals surface area contributed by atoms with Gasteiger partial charge in [-0.05, 0) is 14.2 Å². The Balaban J connectivity index is 0.00000312. The molecule has 0 N–H and O–H groups in total. The molecule has 0 aliphatic heterocycles. The molecule has 2 rings (SSSR count). The van der Waals surface area contributed by atoms with Crippen LogP contribution in [0.5, 0.6) is 0 Å². The minimum absolute atomic E-state index is 0.